The van der Waals surface area contributed by atoms with Gasteiger partial charge in [-0.2, -0.15) is 0 Å². The van der Waals surface area contributed by atoms with Crippen molar-refractivity contribution in [1.82, 2.24) is 0 Å². The van der Waals surface area contributed by atoms with Crippen LogP contribution < -0.4 is 0 Å². The van der Waals surface area contributed by atoms with Gasteiger partial charge in [-0.25, -0.2) is 0 Å². The predicted octanol–water partition coefficient (Wildman–Crippen LogP) is 12.8. The van der Waals surface area contributed by atoms with E-state index in [0.717, 1.165) is 55.4 Å². The molecule has 0 radical (unpaired) electrons. The Labute approximate surface area is 264 Å². The highest BCUT2D eigenvalue weighted by atomic mass is 16.3. The lowest BCUT2D eigenvalue weighted by atomic mass is 9.86. The van der Waals surface area contributed by atoms with E-state index in [1.807, 2.05) is 18.2 Å². The molecule has 2 aromatic heterocycles. The second-order valence-corrected chi connectivity index (χ2v) is 12.0. The van der Waals surface area contributed by atoms with E-state index in [0.29, 0.717) is 0 Å². The summed E-state index contributed by atoms with van der Waals surface area (Å²) in [6, 6.07) is 56.0. The Morgan fingerprint density at radius 1 is 0.348 bits per heavy atom. The van der Waals surface area contributed by atoms with Crippen LogP contribution in [0, 0.1) is 0 Å². The second kappa shape index (κ2) is 9.69. The molecule has 0 aliphatic carbocycles. The number of fused-ring (bicyclic) bond motifs is 8. The third kappa shape index (κ3) is 3.65. The molecular weight excluding hydrogens is 560 g/mol. The van der Waals surface area contributed by atoms with Crippen LogP contribution in [0.15, 0.2) is 167 Å². The molecule has 0 aliphatic rings. The number of furan rings is 2. The highest BCUT2D eigenvalue weighted by Crippen LogP contribution is 2.47. The van der Waals surface area contributed by atoms with Crippen LogP contribution >= 0.6 is 0 Å². The van der Waals surface area contributed by atoms with Crippen molar-refractivity contribution in [1.29, 1.82) is 0 Å². The van der Waals surface area contributed by atoms with Gasteiger partial charge < -0.3 is 8.83 Å². The number of para-hydroxylation sites is 2. The monoisotopic (exact) mass is 586 g/mol. The van der Waals surface area contributed by atoms with E-state index in [4.69, 9.17) is 8.83 Å². The van der Waals surface area contributed by atoms with Crippen LogP contribution in [-0.2, 0) is 0 Å². The number of rotatable bonds is 3. The van der Waals surface area contributed by atoms with Gasteiger partial charge in [0.1, 0.15) is 22.5 Å². The fourth-order valence-corrected chi connectivity index (χ4v) is 7.42. The average molecular weight is 587 g/mol. The van der Waals surface area contributed by atoms with E-state index in [1.165, 1.54) is 43.4 Å². The molecule has 10 aromatic rings. The van der Waals surface area contributed by atoms with Crippen LogP contribution in [0.5, 0.6) is 0 Å². The molecule has 0 fully saturated rings. The molecule has 214 valence electrons. The van der Waals surface area contributed by atoms with E-state index in [2.05, 4.69) is 140 Å². The number of hydrogen-bond donors (Lipinski definition) is 0. The highest BCUT2D eigenvalue weighted by Gasteiger charge is 2.21. The maximum Gasteiger partial charge on any atom is 0.143 e. The molecular formula is C44H26O2. The van der Waals surface area contributed by atoms with E-state index in [-0.39, 0.29) is 0 Å². The van der Waals surface area contributed by atoms with Crippen molar-refractivity contribution in [3.05, 3.63) is 158 Å². The first kappa shape index (κ1) is 25.2. The molecule has 0 spiro atoms. The molecule has 2 heteroatoms. The van der Waals surface area contributed by atoms with Crippen LogP contribution in [0.1, 0.15) is 0 Å². The van der Waals surface area contributed by atoms with Crippen molar-refractivity contribution in [2.45, 2.75) is 0 Å². The Morgan fingerprint density at radius 2 is 0.957 bits per heavy atom. The van der Waals surface area contributed by atoms with Crippen molar-refractivity contribution in [3.8, 4) is 33.6 Å². The molecule has 2 nitrogen and oxygen atoms in total. The molecule has 10 rings (SSSR count). The molecule has 0 saturated heterocycles. The van der Waals surface area contributed by atoms with E-state index >= 15 is 0 Å². The standard InChI is InChI=1S/C44H26O2/c1-2-12-27(13-3-1)37-24-28-22-23-30(25-36(28)43-35-19-9-11-21-39(35)46-44(37)43)41-31-15-5-7-17-33(31)42(34-18-8-6-16-32(34)41)40-26-29-14-4-10-20-38(29)45-40/h1-26H. The molecule has 0 amide bonds. The lowest BCUT2D eigenvalue weighted by molar-refractivity contribution is 0.633. The lowest BCUT2D eigenvalue weighted by Gasteiger charge is -2.17. The maximum atomic E-state index is 6.61. The first-order chi connectivity index (χ1) is 22.8. The van der Waals surface area contributed by atoms with Gasteiger partial charge in [0.15, 0.2) is 0 Å². The van der Waals surface area contributed by atoms with Gasteiger partial charge >= 0.3 is 0 Å². The Balaban J connectivity index is 1.30. The first-order valence-electron chi connectivity index (χ1n) is 15.7. The number of hydrogen-bond acceptors (Lipinski definition) is 2. The summed E-state index contributed by atoms with van der Waals surface area (Å²) < 4.78 is 13.1. The fourth-order valence-electron chi connectivity index (χ4n) is 7.42. The van der Waals surface area contributed by atoms with Crippen molar-refractivity contribution in [2.24, 2.45) is 0 Å². The zero-order chi connectivity index (χ0) is 30.2. The van der Waals surface area contributed by atoms with Crippen LogP contribution in [0.4, 0.5) is 0 Å². The average Bonchev–Trinajstić information content (AvgIpc) is 3.72. The van der Waals surface area contributed by atoms with Gasteiger partial charge in [-0.05, 0) is 79.3 Å². The van der Waals surface area contributed by atoms with Gasteiger partial charge in [0.05, 0.1) is 0 Å². The minimum atomic E-state index is 0.888. The molecule has 0 N–H and O–H groups in total. The smallest absolute Gasteiger partial charge is 0.143 e. The first-order valence-corrected chi connectivity index (χ1v) is 15.7. The molecule has 0 aliphatic heterocycles. The molecule has 46 heavy (non-hydrogen) atoms. The highest BCUT2D eigenvalue weighted by molar-refractivity contribution is 6.25. The van der Waals surface area contributed by atoms with Gasteiger partial charge in [-0.3, -0.25) is 0 Å². The Kier molecular flexibility index (Phi) is 5.31. The molecule has 0 bridgehead atoms. The molecule has 0 saturated carbocycles. The largest absolute Gasteiger partial charge is 0.456 e. The minimum absolute atomic E-state index is 0.888. The zero-order valence-electron chi connectivity index (χ0n) is 24.8. The molecule has 0 atom stereocenters. The van der Waals surface area contributed by atoms with Crippen LogP contribution in [-0.4, -0.2) is 0 Å². The third-order valence-corrected chi connectivity index (χ3v) is 9.44. The van der Waals surface area contributed by atoms with Crippen molar-refractivity contribution in [2.75, 3.05) is 0 Å². The SMILES string of the molecule is c1ccc(-c2cc3ccc(-c4c5ccccc5c(-c5cc6ccccc6o5)c5ccccc45)cc3c3c2oc2ccccc23)cc1. The Hall–Kier alpha value is -6.12. The minimum Gasteiger partial charge on any atom is -0.456 e. The summed E-state index contributed by atoms with van der Waals surface area (Å²) in [4.78, 5) is 0. The summed E-state index contributed by atoms with van der Waals surface area (Å²) in [5.74, 6) is 0.888. The maximum absolute atomic E-state index is 6.61. The normalized spacial score (nSPS) is 11.9. The van der Waals surface area contributed by atoms with Gasteiger partial charge in [0.2, 0.25) is 0 Å². The summed E-state index contributed by atoms with van der Waals surface area (Å²) in [5, 5.41) is 10.5. The van der Waals surface area contributed by atoms with Gasteiger partial charge in [-0.15, -0.1) is 0 Å². The lowest BCUT2D eigenvalue weighted by Crippen LogP contribution is -1.90. The summed E-state index contributed by atoms with van der Waals surface area (Å²) in [6.07, 6.45) is 0. The van der Waals surface area contributed by atoms with Gasteiger partial charge in [0.25, 0.3) is 0 Å². The Bertz CT molecular complexity index is 2710. The van der Waals surface area contributed by atoms with Crippen molar-refractivity contribution in [3.63, 3.8) is 0 Å². The molecule has 2 heterocycles. The fraction of sp³-hybridized carbons (Fsp3) is 0. The second-order valence-electron chi connectivity index (χ2n) is 12.0. The summed E-state index contributed by atoms with van der Waals surface area (Å²) >= 11 is 0. The van der Waals surface area contributed by atoms with Crippen LogP contribution in [0.3, 0.4) is 0 Å². The molecule has 8 aromatic carbocycles. The van der Waals surface area contributed by atoms with Crippen molar-refractivity contribution >= 4 is 65.2 Å². The quantitative estimate of drug-likeness (QED) is 0.193. The molecule has 0 unspecified atom stereocenters. The van der Waals surface area contributed by atoms with E-state index in [1.54, 1.807) is 0 Å². The van der Waals surface area contributed by atoms with Gasteiger partial charge in [0, 0.05) is 27.3 Å². The summed E-state index contributed by atoms with van der Waals surface area (Å²) in [7, 11) is 0. The van der Waals surface area contributed by atoms with Crippen molar-refractivity contribution < 1.29 is 8.83 Å². The van der Waals surface area contributed by atoms with Crippen LogP contribution in [0.2, 0.25) is 0 Å². The predicted molar refractivity (Wildman–Crippen MR) is 192 cm³/mol. The summed E-state index contributed by atoms with van der Waals surface area (Å²) in [6.45, 7) is 0. The topological polar surface area (TPSA) is 26.3 Å². The van der Waals surface area contributed by atoms with E-state index in [9.17, 15) is 0 Å². The van der Waals surface area contributed by atoms with E-state index < -0.39 is 0 Å². The third-order valence-electron chi connectivity index (χ3n) is 9.44. The Morgan fingerprint density at radius 3 is 1.67 bits per heavy atom. The van der Waals surface area contributed by atoms with Crippen LogP contribution in [0.25, 0.3) is 98.8 Å². The zero-order valence-corrected chi connectivity index (χ0v) is 24.8. The van der Waals surface area contributed by atoms with Gasteiger partial charge in [-0.1, -0.05) is 127 Å². The number of benzene rings is 8. The summed E-state index contributed by atoms with van der Waals surface area (Å²) in [5.41, 5.74) is 8.51.